The van der Waals surface area contributed by atoms with Gasteiger partial charge in [0.15, 0.2) is 11.5 Å². The second-order valence-corrected chi connectivity index (χ2v) is 4.73. The number of methoxy groups -OCH3 is 2. The van der Waals surface area contributed by atoms with Crippen LogP contribution in [0.3, 0.4) is 0 Å². The molecule has 2 rings (SSSR count). The first-order valence-electron chi connectivity index (χ1n) is 6.61. The van der Waals surface area contributed by atoms with Crippen molar-refractivity contribution in [2.24, 2.45) is 0 Å². The van der Waals surface area contributed by atoms with Crippen LogP contribution in [0.4, 0.5) is 8.78 Å². The van der Waals surface area contributed by atoms with Crippen molar-refractivity contribution in [3.05, 3.63) is 23.3 Å². The van der Waals surface area contributed by atoms with Gasteiger partial charge in [0.1, 0.15) is 0 Å². The number of nitrogens with zero attached hydrogens (tertiary/aromatic N) is 1. The number of hydrogen-bond donors (Lipinski definition) is 1. The van der Waals surface area contributed by atoms with Crippen LogP contribution in [0.25, 0.3) is 0 Å². The molecule has 0 unspecified atom stereocenters. The Labute approximate surface area is 117 Å². The Morgan fingerprint density at radius 3 is 2.30 bits per heavy atom. The third-order valence-corrected chi connectivity index (χ3v) is 3.48. The summed E-state index contributed by atoms with van der Waals surface area (Å²) in [6.07, 6.45) is -2.52. The van der Waals surface area contributed by atoms with E-state index >= 15 is 0 Å². The van der Waals surface area contributed by atoms with E-state index in [0.717, 1.165) is 26.2 Å². The Morgan fingerprint density at radius 1 is 1.15 bits per heavy atom. The summed E-state index contributed by atoms with van der Waals surface area (Å²) in [7, 11) is 2.96. The van der Waals surface area contributed by atoms with Crippen molar-refractivity contribution in [1.82, 2.24) is 10.2 Å². The highest BCUT2D eigenvalue weighted by molar-refractivity contribution is 5.48. The van der Waals surface area contributed by atoms with Crippen LogP contribution in [0.1, 0.15) is 17.6 Å². The third kappa shape index (κ3) is 3.37. The molecule has 1 aromatic carbocycles. The first-order valence-corrected chi connectivity index (χ1v) is 6.61. The summed E-state index contributed by atoms with van der Waals surface area (Å²) in [6, 6.07) is 3.03. The van der Waals surface area contributed by atoms with Crippen LogP contribution in [0.5, 0.6) is 11.5 Å². The van der Waals surface area contributed by atoms with E-state index in [2.05, 4.69) is 10.2 Å². The fourth-order valence-electron chi connectivity index (χ4n) is 2.39. The number of hydrogen-bond acceptors (Lipinski definition) is 4. The van der Waals surface area contributed by atoms with Gasteiger partial charge in [-0.15, -0.1) is 0 Å². The van der Waals surface area contributed by atoms with Gasteiger partial charge < -0.3 is 14.8 Å². The van der Waals surface area contributed by atoms with Gasteiger partial charge in [-0.05, 0) is 17.7 Å². The summed E-state index contributed by atoms with van der Waals surface area (Å²) in [6.45, 7) is 3.99. The second-order valence-electron chi connectivity index (χ2n) is 4.73. The normalized spacial score (nSPS) is 16.4. The number of rotatable bonds is 5. The number of ether oxygens (including phenoxy) is 2. The molecule has 0 atom stereocenters. The van der Waals surface area contributed by atoms with Gasteiger partial charge in [-0.3, -0.25) is 4.90 Å². The molecule has 6 heteroatoms. The maximum absolute atomic E-state index is 13.2. The maximum Gasteiger partial charge on any atom is 0.264 e. The summed E-state index contributed by atoms with van der Waals surface area (Å²) >= 11 is 0. The molecule has 1 heterocycles. The summed E-state index contributed by atoms with van der Waals surface area (Å²) in [5.41, 5.74) is 0.612. The minimum atomic E-state index is -2.52. The zero-order chi connectivity index (χ0) is 14.5. The predicted molar refractivity (Wildman–Crippen MR) is 72.6 cm³/mol. The zero-order valence-electron chi connectivity index (χ0n) is 11.8. The summed E-state index contributed by atoms with van der Waals surface area (Å²) in [4.78, 5) is 2.16. The fourth-order valence-corrected chi connectivity index (χ4v) is 2.39. The molecule has 1 aliphatic heterocycles. The van der Waals surface area contributed by atoms with Crippen LogP contribution in [0.2, 0.25) is 0 Å². The lowest BCUT2D eigenvalue weighted by molar-refractivity contribution is 0.147. The number of benzene rings is 1. The van der Waals surface area contributed by atoms with Crippen LogP contribution in [0, 0.1) is 0 Å². The average Bonchev–Trinajstić information content (AvgIpc) is 2.47. The van der Waals surface area contributed by atoms with Gasteiger partial charge in [-0.25, -0.2) is 8.78 Å². The first-order chi connectivity index (χ1) is 9.65. The van der Waals surface area contributed by atoms with Crippen molar-refractivity contribution in [1.29, 1.82) is 0 Å². The van der Waals surface area contributed by atoms with Crippen molar-refractivity contribution in [3.63, 3.8) is 0 Å². The van der Waals surface area contributed by atoms with Crippen LogP contribution in [-0.4, -0.2) is 45.3 Å². The number of nitrogens with one attached hydrogen (secondary N) is 1. The smallest absolute Gasteiger partial charge is 0.264 e. The zero-order valence-corrected chi connectivity index (χ0v) is 11.8. The van der Waals surface area contributed by atoms with E-state index in [1.165, 1.54) is 20.3 Å². The van der Waals surface area contributed by atoms with E-state index in [1.54, 1.807) is 6.07 Å². The van der Waals surface area contributed by atoms with E-state index in [0.29, 0.717) is 23.6 Å². The predicted octanol–water partition coefficient (Wildman–Crippen LogP) is 2.05. The number of alkyl halides is 2. The van der Waals surface area contributed by atoms with Crippen molar-refractivity contribution in [2.75, 3.05) is 40.4 Å². The Bertz CT molecular complexity index is 449. The van der Waals surface area contributed by atoms with E-state index in [1.807, 2.05) is 0 Å². The molecule has 0 saturated carbocycles. The van der Waals surface area contributed by atoms with Gasteiger partial charge in [0.2, 0.25) is 0 Å². The monoisotopic (exact) mass is 286 g/mol. The molecule has 0 aromatic heterocycles. The molecule has 20 heavy (non-hydrogen) atoms. The topological polar surface area (TPSA) is 33.7 Å². The van der Waals surface area contributed by atoms with Crippen LogP contribution < -0.4 is 14.8 Å². The minimum Gasteiger partial charge on any atom is -0.493 e. The average molecular weight is 286 g/mol. The fraction of sp³-hybridized carbons (Fsp3) is 0.571. The minimum absolute atomic E-state index is 0.0150. The van der Waals surface area contributed by atoms with Gasteiger partial charge in [-0.2, -0.15) is 0 Å². The van der Waals surface area contributed by atoms with Gasteiger partial charge in [0.25, 0.3) is 6.43 Å². The van der Waals surface area contributed by atoms with Crippen LogP contribution in [0.15, 0.2) is 12.1 Å². The van der Waals surface area contributed by atoms with Crippen molar-refractivity contribution in [2.45, 2.75) is 13.0 Å². The lowest BCUT2D eigenvalue weighted by atomic mass is 10.1. The summed E-state index contributed by atoms with van der Waals surface area (Å²) < 4.78 is 36.7. The standard InChI is InChI=1S/C14H20F2N2O2/c1-19-12-7-10(9-18-5-3-17-4-6-18)11(14(15)16)8-13(12)20-2/h7-8,14,17H,3-6,9H2,1-2H3. The molecule has 112 valence electrons. The highest BCUT2D eigenvalue weighted by Gasteiger charge is 2.20. The highest BCUT2D eigenvalue weighted by Crippen LogP contribution is 2.35. The molecule has 1 saturated heterocycles. The van der Waals surface area contributed by atoms with Crippen molar-refractivity contribution >= 4 is 0 Å². The molecule has 1 aromatic rings. The maximum atomic E-state index is 13.2. The van der Waals surface area contributed by atoms with Crippen molar-refractivity contribution < 1.29 is 18.3 Å². The Kier molecular flexibility index (Phi) is 5.14. The Hall–Kier alpha value is -1.40. The van der Waals surface area contributed by atoms with Crippen LogP contribution in [-0.2, 0) is 6.54 Å². The molecular formula is C14H20F2N2O2. The number of halogens is 2. The molecule has 0 aliphatic carbocycles. The van der Waals surface area contributed by atoms with E-state index < -0.39 is 6.43 Å². The highest BCUT2D eigenvalue weighted by atomic mass is 19.3. The summed E-state index contributed by atoms with van der Waals surface area (Å²) in [5, 5.41) is 3.24. The molecule has 0 spiro atoms. The number of piperazine rings is 1. The summed E-state index contributed by atoms with van der Waals surface area (Å²) in [5.74, 6) is 0.828. The van der Waals surface area contributed by atoms with E-state index in [9.17, 15) is 8.78 Å². The third-order valence-electron chi connectivity index (χ3n) is 3.48. The Morgan fingerprint density at radius 2 is 1.75 bits per heavy atom. The molecule has 1 N–H and O–H groups in total. The second kappa shape index (κ2) is 6.85. The molecule has 1 fully saturated rings. The largest absolute Gasteiger partial charge is 0.493 e. The first kappa shape index (κ1) is 15.0. The van der Waals surface area contributed by atoms with Crippen LogP contribution >= 0.6 is 0 Å². The van der Waals surface area contributed by atoms with Crippen molar-refractivity contribution in [3.8, 4) is 11.5 Å². The van der Waals surface area contributed by atoms with Gasteiger partial charge in [0.05, 0.1) is 14.2 Å². The molecule has 1 aliphatic rings. The molecule has 0 radical (unpaired) electrons. The van der Waals surface area contributed by atoms with Gasteiger partial charge in [-0.1, -0.05) is 0 Å². The van der Waals surface area contributed by atoms with E-state index in [4.69, 9.17) is 9.47 Å². The Balaban J connectivity index is 2.28. The molecular weight excluding hydrogens is 266 g/mol. The van der Waals surface area contributed by atoms with Gasteiger partial charge >= 0.3 is 0 Å². The molecule has 0 amide bonds. The lowest BCUT2D eigenvalue weighted by Crippen LogP contribution is -2.43. The van der Waals surface area contributed by atoms with Gasteiger partial charge in [0, 0.05) is 38.3 Å². The molecule has 4 nitrogen and oxygen atoms in total. The lowest BCUT2D eigenvalue weighted by Gasteiger charge is -2.28. The van der Waals surface area contributed by atoms with E-state index in [-0.39, 0.29) is 5.56 Å². The quantitative estimate of drug-likeness (QED) is 0.898. The SMILES string of the molecule is COc1cc(CN2CCNCC2)c(C(F)F)cc1OC. The molecule has 0 bridgehead atoms.